The molecule has 0 saturated heterocycles. The fraction of sp³-hybridized carbons (Fsp3) is 0.636. The maximum atomic E-state index is 12.1. The first-order valence-electron chi connectivity index (χ1n) is 5.63. The molecule has 0 fully saturated rings. The number of thiophene rings is 1. The molecule has 0 amide bonds. The zero-order chi connectivity index (χ0) is 13.1. The van der Waals surface area contributed by atoms with Gasteiger partial charge < -0.3 is 5.11 Å². The van der Waals surface area contributed by atoms with Crippen LogP contribution in [-0.4, -0.2) is 19.6 Å². The van der Waals surface area contributed by atoms with Crippen LogP contribution in [0.2, 0.25) is 0 Å². The normalized spacial score (nSPS) is 13.9. The summed E-state index contributed by atoms with van der Waals surface area (Å²) in [7, 11) is -3.45. The third-order valence-electron chi connectivity index (χ3n) is 2.45. The van der Waals surface area contributed by atoms with Crippen LogP contribution in [0, 0.1) is 6.92 Å². The molecule has 0 spiro atoms. The van der Waals surface area contributed by atoms with Gasteiger partial charge in [0, 0.05) is 15.8 Å². The molecule has 4 nitrogen and oxygen atoms in total. The Kier molecular flexibility index (Phi) is 5.12. The molecule has 98 valence electrons. The fourth-order valence-electron chi connectivity index (χ4n) is 1.69. The maximum Gasteiger partial charge on any atom is 0.241 e. The lowest BCUT2D eigenvalue weighted by atomic mass is 10.2. The first-order valence-corrected chi connectivity index (χ1v) is 7.93. The lowest BCUT2D eigenvalue weighted by Gasteiger charge is -2.12. The molecule has 2 N–H and O–H groups in total. The highest BCUT2D eigenvalue weighted by atomic mass is 32.2. The summed E-state index contributed by atoms with van der Waals surface area (Å²) in [5.74, 6) is 0. The predicted molar refractivity (Wildman–Crippen MR) is 69.7 cm³/mol. The summed E-state index contributed by atoms with van der Waals surface area (Å²) >= 11 is 1.31. The van der Waals surface area contributed by atoms with Crippen LogP contribution in [-0.2, 0) is 16.6 Å². The molecule has 0 aliphatic rings. The van der Waals surface area contributed by atoms with Crippen molar-refractivity contribution in [1.29, 1.82) is 0 Å². The molecule has 17 heavy (non-hydrogen) atoms. The van der Waals surface area contributed by atoms with Crippen LogP contribution in [0.5, 0.6) is 0 Å². The van der Waals surface area contributed by atoms with Crippen molar-refractivity contribution in [2.45, 2.75) is 51.2 Å². The van der Waals surface area contributed by atoms with Crippen LogP contribution < -0.4 is 4.72 Å². The summed E-state index contributed by atoms with van der Waals surface area (Å²) in [4.78, 5) is 1.67. The third kappa shape index (κ3) is 3.77. The van der Waals surface area contributed by atoms with Crippen molar-refractivity contribution in [2.24, 2.45) is 0 Å². The second kappa shape index (κ2) is 5.95. The molecule has 1 aromatic rings. The van der Waals surface area contributed by atoms with E-state index in [0.29, 0.717) is 9.75 Å². The highest BCUT2D eigenvalue weighted by Gasteiger charge is 2.21. The standard InChI is InChI=1S/C11H19NO3S2/c1-4-5-8(2)12-17(14,15)11-6-10(7-13)16-9(11)3/h6,8,12-13H,4-5,7H2,1-3H3. The van der Waals surface area contributed by atoms with Gasteiger partial charge in [-0.25, -0.2) is 13.1 Å². The van der Waals surface area contributed by atoms with Gasteiger partial charge in [0.1, 0.15) is 0 Å². The van der Waals surface area contributed by atoms with Gasteiger partial charge in [-0.2, -0.15) is 0 Å². The minimum atomic E-state index is -3.45. The summed E-state index contributed by atoms with van der Waals surface area (Å²) in [5, 5.41) is 9.00. The van der Waals surface area contributed by atoms with Crippen LogP contribution in [0.15, 0.2) is 11.0 Å². The molecule has 0 aromatic carbocycles. The number of hydrogen-bond donors (Lipinski definition) is 2. The molecule has 0 saturated carbocycles. The highest BCUT2D eigenvalue weighted by Crippen LogP contribution is 2.25. The Hall–Kier alpha value is -0.430. The Morgan fingerprint density at radius 3 is 2.65 bits per heavy atom. The number of aliphatic hydroxyl groups excluding tert-OH is 1. The van der Waals surface area contributed by atoms with E-state index >= 15 is 0 Å². The van der Waals surface area contributed by atoms with E-state index in [0.717, 1.165) is 12.8 Å². The molecule has 0 aliphatic heterocycles. The monoisotopic (exact) mass is 277 g/mol. The predicted octanol–water partition coefficient (Wildman–Crippen LogP) is 2.02. The van der Waals surface area contributed by atoms with Gasteiger partial charge in [0.2, 0.25) is 10.0 Å². The summed E-state index contributed by atoms with van der Waals surface area (Å²) in [6.07, 6.45) is 1.75. The van der Waals surface area contributed by atoms with E-state index < -0.39 is 10.0 Å². The first kappa shape index (κ1) is 14.6. The average Bonchev–Trinajstić information content (AvgIpc) is 2.60. The van der Waals surface area contributed by atoms with Crippen molar-refractivity contribution in [3.8, 4) is 0 Å². The number of aliphatic hydroxyl groups is 1. The molecule has 1 rings (SSSR count). The van der Waals surface area contributed by atoms with Gasteiger partial charge in [0.25, 0.3) is 0 Å². The van der Waals surface area contributed by atoms with Gasteiger partial charge in [0.15, 0.2) is 0 Å². The zero-order valence-electron chi connectivity index (χ0n) is 10.4. The molecule has 6 heteroatoms. The number of sulfonamides is 1. The molecule has 1 heterocycles. The van der Waals surface area contributed by atoms with Gasteiger partial charge in [-0.05, 0) is 26.3 Å². The van der Waals surface area contributed by atoms with Crippen LogP contribution in [0.1, 0.15) is 36.4 Å². The number of aryl methyl sites for hydroxylation is 1. The van der Waals surface area contributed by atoms with E-state index in [-0.39, 0.29) is 17.5 Å². The van der Waals surface area contributed by atoms with Gasteiger partial charge in [-0.1, -0.05) is 13.3 Å². The Morgan fingerprint density at radius 1 is 1.53 bits per heavy atom. The summed E-state index contributed by atoms with van der Waals surface area (Å²) in [5.41, 5.74) is 0. The lowest BCUT2D eigenvalue weighted by molar-refractivity contribution is 0.285. The van der Waals surface area contributed by atoms with Crippen LogP contribution in [0.3, 0.4) is 0 Å². The minimum Gasteiger partial charge on any atom is -0.391 e. The van der Waals surface area contributed by atoms with E-state index in [4.69, 9.17) is 5.11 Å². The minimum absolute atomic E-state index is 0.0677. The Bertz CT molecular complexity index is 465. The Labute approximate surface area is 107 Å². The van der Waals surface area contributed by atoms with Crippen molar-refractivity contribution >= 4 is 21.4 Å². The van der Waals surface area contributed by atoms with Gasteiger partial charge in [-0.3, -0.25) is 0 Å². The average molecular weight is 277 g/mol. The van der Waals surface area contributed by atoms with Gasteiger partial charge in [-0.15, -0.1) is 11.3 Å². The van der Waals surface area contributed by atoms with E-state index in [1.807, 2.05) is 13.8 Å². The lowest BCUT2D eigenvalue weighted by Crippen LogP contribution is -2.32. The Morgan fingerprint density at radius 2 is 2.18 bits per heavy atom. The summed E-state index contributed by atoms with van der Waals surface area (Å²) < 4.78 is 26.8. The zero-order valence-corrected chi connectivity index (χ0v) is 12.0. The fourth-order valence-corrected chi connectivity index (χ4v) is 4.46. The van der Waals surface area contributed by atoms with Crippen LogP contribution in [0.4, 0.5) is 0 Å². The third-order valence-corrected chi connectivity index (χ3v) is 5.33. The molecule has 1 aromatic heterocycles. The van der Waals surface area contributed by atoms with Crippen molar-refractivity contribution in [3.05, 3.63) is 15.8 Å². The smallest absolute Gasteiger partial charge is 0.241 e. The molecule has 0 aliphatic carbocycles. The van der Waals surface area contributed by atoms with Crippen molar-refractivity contribution in [1.82, 2.24) is 4.72 Å². The van der Waals surface area contributed by atoms with Gasteiger partial charge in [0.05, 0.1) is 11.5 Å². The molecule has 1 unspecified atom stereocenters. The topological polar surface area (TPSA) is 66.4 Å². The first-order chi connectivity index (χ1) is 7.90. The van der Waals surface area contributed by atoms with Crippen molar-refractivity contribution < 1.29 is 13.5 Å². The largest absolute Gasteiger partial charge is 0.391 e. The number of rotatable bonds is 6. The number of hydrogen-bond acceptors (Lipinski definition) is 4. The second-order valence-electron chi connectivity index (χ2n) is 4.10. The van der Waals surface area contributed by atoms with E-state index in [9.17, 15) is 8.42 Å². The molecule has 1 atom stereocenters. The van der Waals surface area contributed by atoms with Gasteiger partial charge >= 0.3 is 0 Å². The quantitative estimate of drug-likeness (QED) is 0.836. The highest BCUT2D eigenvalue weighted by molar-refractivity contribution is 7.89. The van der Waals surface area contributed by atoms with Crippen LogP contribution in [0.25, 0.3) is 0 Å². The van der Waals surface area contributed by atoms with E-state index in [1.165, 1.54) is 11.3 Å². The maximum absolute atomic E-state index is 12.1. The van der Waals surface area contributed by atoms with E-state index in [1.54, 1.807) is 13.0 Å². The number of nitrogens with one attached hydrogen (secondary N) is 1. The van der Waals surface area contributed by atoms with Crippen molar-refractivity contribution in [2.75, 3.05) is 0 Å². The molecular formula is C11H19NO3S2. The van der Waals surface area contributed by atoms with Crippen LogP contribution >= 0.6 is 11.3 Å². The summed E-state index contributed by atoms with van der Waals surface area (Å²) in [6.45, 7) is 5.51. The molecule has 0 bridgehead atoms. The molecular weight excluding hydrogens is 258 g/mol. The summed E-state index contributed by atoms with van der Waals surface area (Å²) in [6, 6.07) is 1.47. The van der Waals surface area contributed by atoms with E-state index in [2.05, 4.69) is 4.72 Å². The molecule has 0 radical (unpaired) electrons. The second-order valence-corrected chi connectivity index (χ2v) is 7.13. The SMILES string of the molecule is CCCC(C)NS(=O)(=O)c1cc(CO)sc1C. The Balaban J connectivity index is 2.92. The van der Waals surface area contributed by atoms with Crippen molar-refractivity contribution in [3.63, 3.8) is 0 Å².